The molecule has 0 fully saturated rings. The Bertz CT molecular complexity index is 3030. The lowest BCUT2D eigenvalue weighted by molar-refractivity contribution is 0.446. The molecule has 0 aliphatic heterocycles. The van der Waals surface area contributed by atoms with Gasteiger partial charge < -0.3 is 5.11 Å². The van der Waals surface area contributed by atoms with E-state index < -0.39 is 23.5 Å². The van der Waals surface area contributed by atoms with Gasteiger partial charge >= 0.3 is 0 Å². The van der Waals surface area contributed by atoms with Gasteiger partial charge in [-0.15, -0.1) is 0 Å². The summed E-state index contributed by atoms with van der Waals surface area (Å²) < 4.78 is 45.7. The molecule has 290 valence electrons. The van der Waals surface area contributed by atoms with Crippen molar-refractivity contribution in [3.8, 4) is 67.5 Å². The van der Waals surface area contributed by atoms with Gasteiger partial charge in [0.25, 0.3) is 0 Å². The van der Waals surface area contributed by atoms with Crippen LogP contribution in [0.1, 0.15) is 85.9 Å². The molecule has 0 saturated heterocycles. The van der Waals surface area contributed by atoms with Crippen molar-refractivity contribution < 1.29 is 12.0 Å². The van der Waals surface area contributed by atoms with Gasteiger partial charge in [0.2, 0.25) is 0 Å². The Labute approximate surface area is 351 Å². The summed E-state index contributed by atoms with van der Waals surface area (Å²) in [6.07, 6.45) is 1.85. The van der Waals surface area contributed by atoms with E-state index in [4.69, 9.17) is 16.8 Å². The molecule has 0 bridgehead atoms. The van der Waals surface area contributed by atoms with Crippen molar-refractivity contribution in [3.63, 3.8) is 0 Å². The number of benzene rings is 6. The maximum absolute atomic E-state index is 12.2. The van der Waals surface area contributed by atoms with Gasteiger partial charge in [-0.3, -0.25) is 9.55 Å². The predicted molar refractivity (Wildman–Crippen MR) is 244 cm³/mol. The van der Waals surface area contributed by atoms with E-state index >= 15 is 0 Å². The summed E-state index contributed by atoms with van der Waals surface area (Å²) in [7, 11) is 0. The minimum absolute atomic E-state index is 0.0265. The maximum Gasteiger partial charge on any atom is 0.149 e. The van der Waals surface area contributed by atoms with Gasteiger partial charge in [-0.1, -0.05) is 159 Å². The third-order valence-electron chi connectivity index (χ3n) is 10.9. The summed E-state index contributed by atoms with van der Waals surface area (Å²) in [5, 5.41) is 12.2. The third kappa shape index (κ3) is 7.47. The van der Waals surface area contributed by atoms with Gasteiger partial charge in [0.15, 0.2) is 0 Å². The van der Waals surface area contributed by atoms with E-state index in [1.165, 1.54) is 0 Å². The summed E-state index contributed by atoms with van der Waals surface area (Å²) in [6.45, 7) is 19.0. The lowest BCUT2D eigenvalue weighted by Crippen LogP contribution is -2.17. The zero-order valence-corrected chi connectivity index (χ0v) is 34.8. The van der Waals surface area contributed by atoms with Crippen molar-refractivity contribution in [2.45, 2.75) is 78.6 Å². The number of para-hydroxylation sites is 2. The number of hydrogen-bond donors (Lipinski definition) is 1. The van der Waals surface area contributed by atoms with Crippen molar-refractivity contribution in [3.05, 3.63) is 168 Å². The SMILES string of the molecule is [2H]c1c([2H])c([2H])c(-n2c(-c3cc(C(C)(C)C)cc(C(C)(C)C)c3O)nc3c(-c4cc(-c5cc(-c6ccc(-c7ccccc7)cc6)ccn5)cc(C(C)(C)C)c4)cccc32)c([2H])c1[2H]. The minimum Gasteiger partial charge on any atom is -0.507 e. The third-order valence-corrected chi connectivity index (χ3v) is 10.9. The molecule has 0 amide bonds. The summed E-state index contributed by atoms with van der Waals surface area (Å²) >= 11 is 0. The van der Waals surface area contributed by atoms with Gasteiger partial charge in [-0.05, 0) is 104 Å². The molecule has 0 saturated carbocycles. The molecule has 4 heteroatoms. The number of hydrogen-bond acceptors (Lipinski definition) is 3. The number of aromatic hydroxyl groups is 1. The van der Waals surface area contributed by atoms with Crippen LogP contribution in [0.2, 0.25) is 0 Å². The molecule has 2 heterocycles. The monoisotopic (exact) mass is 764 g/mol. The van der Waals surface area contributed by atoms with Crippen molar-refractivity contribution in [1.29, 1.82) is 0 Å². The fraction of sp³-hybridized carbons (Fsp3) is 0.222. The van der Waals surface area contributed by atoms with Crippen molar-refractivity contribution >= 4 is 11.0 Å². The van der Waals surface area contributed by atoms with Crippen LogP contribution in [0.25, 0.3) is 72.7 Å². The molecule has 8 rings (SSSR count). The second-order valence-corrected chi connectivity index (χ2v) is 18.3. The second-order valence-electron chi connectivity index (χ2n) is 18.3. The quantitative estimate of drug-likeness (QED) is 0.183. The molecular formula is C54H53N3O. The number of aromatic nitrogens is 3. The molecule has 0 spiro atoms. The van der Waals surface area contributed by atoms with Crippen LogP contribution in [0.3, 0.4) is 0 Å². The molecule has 0 aliphatic carbocycles. The normalized spacial score (nSPS) is 13.5. The highest BCUT2D eigenvalue weighted by Crippen LogP contribution is 2.45. The van der Waals surface area contributed by atoms with Crippen LogP contribution in [0.5, 0.6) is 5.75 Å². The highest BCUT2D eigenvalue weighted by molar-refractivity contribution is 5.97. The second kappa shape index (κ2) is 14.6. The maximum atomic E-state index is 12.2. The van der Waals surface area contributed by atoms with E-state index in [-0.39, 0.29) is 40.2 Å². The first-order chi connectivity index (χ1) is 29.6. The molecule has 0 radical (unpaired) electrons. The minimum atomic E-state index is -0.485. The van der Waals surface area contributed by atoms with Crippen molar-refractivity contribution in [1.82, 2.24) is 14.5 Å². The summed E-state index contributed by atoms with van der Waals surface area (Å²) in [6, 6.07) is 37.1. The van der Waals surface area contributed by atoms with Crippen LogP contribution in [0, 0.1) is 0 Å². The Morgan fingerprint density at radius 1 is 0.534 bits per heavy atom. The van der Waals surface area contributed by atoms with Gasteiger partial charge in [0.1, 0.15) is 11.6 Å². The van der Waals surface area contributed by atoms with E-state index in [1.54, 1.807) is 4.57 Å². The van der Waals surface area contributed by atoms with E-state index in [2.05, 4.69) is 102 Å². The van der Waals surface area contributed by atoms with Crippen molar-refractivity contribution in [2.24, 2.45) is 0 Å². The van der Waals surface area contributed by atoms with Crippen LogP contribution in [0.4, 0.5) is 0 Å². The zero-order valence-electron chi connectivity index (χ0n) is 39.8. The van der Waals surface area contributed by atoms with E-state index in [0.717, 1.165) is 55.8 Å². The Morgan fingerprint density at radius 2 is 1.16 bits per heavy atom. The van der Waals surface area contributed by atoms with Crippen molar-refractivity contribution in [2.75, 3.05) is 0 Å². The lowest BCUT2D eigenvalue weighted by atomic mass is 9.79. The number of fused-ring (bicyclic) bond motifs is 1. The van der Waals surface area contributed by atoms with E-state index in [1.807, 2.05) is 81.6 Å². The van der Waals surface area contributed by atoms with Crippen LogP contribution in [-0.2, 0) is 16.2 Å². The topological polar surface area (TPSA) is 50.9 Å². The molecule has 1 N–H and O–H groups in total. The molecule has 0 atom stereocenters. The first-order valence-corrected chi connectivity index (χ1v) is 19.9. The van der Waals surface area contributed by atoms with Crippen LogP contribution < -0.4 is 0 Å². The molecule has 4 nitrogen and oxygen atoms in total. The summed E-state index contributed by atoms with van der Waals surface area (Å²) in [4.78, 5) is 10.2. The number of rotatable bonds is 6. The molecule has 0 unspecified atom stereocenters. The average molecular weight is 765 g/mol. The molecule has 58 heavy (non-hydrogen) atoms. The Balaban J connectivity index is 1.38. The fourth-order valence-corrected chi connectivity index (χ4v) is 7.52. The van der Waals surface area contributed by atoms with Gasteiger partial charge in [0.05, 0.1) is 29.1 Å². The average Bonchev–Trinajstić information content (AvgIpc) is 3.63. The molecule has 8 aromatic rings. The Morgan fingerprint density at radius 3 is 1.81 bits per heavy atom. The Kier molecular flexibility index (Phi) is 8.25. The van der Waals surface area contributed by atoms with Gasteiger partial charge in [-0.2, -0.15) is 0 Å². The van der Waals surface area contributed by atoms with E-state index in [0.29, 0.717) is 22.2 Å². The standard InChI is InChI=1S/C54H53N3O/c1-52(2,3)41-30-39(29-40(31-41)47-32-38(27-28-55-47)37-25-23-36(24-26-37)35-17-12-10-13-18-35)44-21-16-22-48-49(44)56-51(57(48)43-19-14-11-15-20-43)45-33-42(53(4,5)6)34-46(50(45)58)54(7,8)9/h10-34,58H,1-9H3/i11D,14D,15D,19D,20D. The largest absolute Gasteiger partial charge is 0.507 e. The highest BCUT2D eigenvalue weighted by atomic mass is 16.3. The van der Waals surface area contributed by atoms with E-state index in [9.17, 15) is 5.11 Å². The highest BCUT2D eigenvalue weighted by Gasteiger charge is 2.29. The molecular weight excluding hydrogens is 707 g/mol. The fourth-order valence-electron chi connectivity index (χ4n) is 7.52. The van der Waals surface area contributed by atoms with Crippen LogP contribution >= 0.6 is 0 Å². The van der Waals surface area contributed by atoms with Gasteiger partial charge in [0, 0.05) is 28.6 Å². The molecule has 6 aromatic carbocycles. The number of phenolic OH excluding ortho intramolecular Hbond substituents is 1. The number of nitrogens with zero attached hydrogens (tertiary/aromatic N) is 3. The van der Waals surface area contributed by atoms with Crippen LogP contribution in [-0.4, -0.2) is 19.6 Å². The first kappa shape index (κ1) is 32.8. The number of pyridine rings is 1. The predicted octanol–water partition coefficient (Wildman–Crippen LogP) is 14.4. The lowest BCUT2D eigenvalue weighted by Gasteiger charge is -2.27. The number of imidazole rings is 1. The zero-order chi connectivity index (χ0) is 45.3. The molecule has 2 aromatic heterocycles. The smallest absolute Gasteiger partial charge is 0.149 e. The Hall–Kier alpha value is -6.26. The summed E-state index contributed by atoms with van der Waals surface area (Å²) in [5.41, 5.74) is 11.0. The molecule has 0 aliphatic rings. The summed E-state index contributed by atoms with van der Waals surface area (Å²) in [5.74, 6) is 0.295. The number of phenols is 1. The van der Waals surface area contributed by atoms with Crippen LogP contribution in [0.15, 0.2) is 152 Å². The first-order valence-electron chi connectivity index (χ1n) is 22.4. The van der Waals surface area contributed by atoms with Gasteiger partial charge in [-0.25, -0.2) is 4.98 Å².